The highest BCUT2D eigenvalue weighted by molar-refractivity contribution is 7.92. The van der Waals surface area contributed by atoms with Crippen LogP contribution in [0.3, 0.4) is 0 Å². The first-order valence-corrected chi connectivity index (χ1v) is 14.0. The molecular weight excluding hydrogens is 504 g/mol. The zero-order chi connectivity index (χ0) is 25.4. The first kappa shape index (κ1) is 23.6. The van der Waals surface area contributed by atoms with Crippen molar-refractivity contribution in [2.24, 2.45) is 5.92 Å². The third-order valence-electron chi connectivity index (χ3n) is 6.96. The lowest BCUT2D eigenvalue weighted by atomic mass is 9.77. The van der Waals surface area contributed by atoms with Crippen LogP contribution in [-0.2, 0) is 10.0 Å². The molecular formula is C30H25ClN2O3S. The Bertz CT molecular complexity index is 1550. The van der Waals surface area contributed by atoms with Crippen LogP contribution in [0.25, 0.3) is 0 Å². The van der Waals surface area contributed by atoms with Crippen molar-refractivity contribution in [1.82, 2.24) is 0 Å². The van der Waals surface area contributed by atoms with Crippen molar-refractivity contribution in [3.8, 4) is 11.5 Å². The Balaban J connectivity index is 1.23. The van der Waals surface area contributed by atoms with Crippen molar-refractivity contribution in [1.29, 1.82) is 0 Å². The second-order valence-corrected chi connectivity index (χ2v) is 11.4. The molecule has 4 aromatic rings. The molecule has 6 rings (SSSR count). The topological polar surface area (TPSA) is 67.4 Å². The van der Waals surface area contributed by atoms with E-state index >= 15 is 0 Å². The third-order valence-corrected chi connectivity index (χ3v) is 8.59. The number of nitrogens with one attached hydrogen (secondary N) is 2. The standard InChI is InChI=1S/C30H25ClN2O3S/c31-21-11-9-20(10-12-21)30-27-8-4-7-26(27)28-19-25(17-18-29(28)32-30)37(34,35)33-22-13-15-24(16-14-22)36-23-5-2-1-3-6-23/h1-7,9-19,26-27,30,32-33H,8H2/t26-,27+,30+/m0/s1. The van der Waals surface area contributed by atoms with Gasteiger partial charge in [0, 0.05) is 22.3 Å². The molecule has 1 aliphatic carbocycles. The zero-order valence-corrected chi connectivity index (χ0v) is 21.4. The number of fused-ring (bicyclic) bond motifs is 3. The molecule has 5 nitrogen and oxygen atoms in total. The monoisotopic (exact) mass is 528 g/mol. The molecule has 0 spiro atoms. The average molecular weight is 529 g/mol. The summed E-state index contributed by atoms with van der Waals surface area (Å²) in [4.78, 5) is 0.238. The Labute approximate surface area is 221 Å². The number of para-hydroxylation sites is 1. The fraction of sp³-hybridized carbons (Fsp3) is 0.133. The van der Waals surface area contributed by atoms with E-state index in [0.29, 0.717) is 22.4 Å². The molecule has 0 aromatic heterocycles. The number of allylic oxidation sites excluding steroid dienone is 2. The van der Waals surface area contributed by atoms with Crippen LogP contribution >= 0.6 is 11.6 Å². The van der Waals surface area contributed by atoms with Gasteiger partial charge >= 0.3 is 0 Å². The van der Waals surface area contributed by atoms with Crippen LogP contribution in [0.1, 0.15) is 29.5 Å². The average Bonchev–Trinajstić information content (AvgIpc) is 3.41. The number of halogens is 1. The Morgan fingerprint density at radius 2 is 1.59 bits per heavy atom. The fourth-order valence-corrected chi connectivity index (χ4v) is 6.39. The van der Waals surface area contributed by atoms with Crippen molar-refractivity contribution in [3.63, 3.8) is 0 Å². The fourth-order valence-electron chi connectivity index (χ4n) is 5.17. The molecule has 2 aliphatic rings. The summed E-state index contributed by atoms with van der Waals surface area (Å²) in [5.41, 5.74) is 3.59. The molecule has 4 aromatic carbocycles. The number of sulfonamides is 1. The summed E-state index contributed by atoms with van der Waals surface area (Å²) in [6, 6.07) is 29.7. The molecule has 0 unspecified atom stereocenters. The van der Waals surface area contributed by atoms with Crippen molar-refractivity contribution >= 4 is 33.0 Å². The van der Waals surface area contributed by atoms with Crippen LogP contribution in [0.4, 0.5) is 11.4 Å². The van der Waals surface area contributed by atoms with Gasteiger partial charge in [-0.1, -0.05) is 54.1 Å². The highest BCUT2D eigenvalue weighted by atomic mass is 35.5. The molecule has 0 amide bonds. The smallest absolute Gasteiger partial charge is 0.261 e. The minimum Gasteiger partial charge on any atom is -0.457 e. The quantitative estimate of drug-likeness (QED) is 0.251. The van der Waals surface area contributed by atoms with Crippen molar-refractivity contribution < 1.29 is 13.2 Å². The summed E-state index contributed by atoms with van der Waals surface area (Å²) < 4.78 is 35.1. The van der Waals surface area contributed by atoms with E-state index in [2.05, 4.69) is 34.3 Å². The van der Waals surface area contributed by atoms with Gasteiger partial charge in [0.05, 0.1) is 10.9 Å². The predicted octanol–water partition coefficient (Wildman–Crippen LogP) is 7.76. The molecule has 0 saturated heterocycles. The van der Waals surface area contributed by atoms with E-state index in [1.165, 1.54) is 5.56 Å². The number of benzene rings is 4. The minimum atomic E-state index is -3.78. The van der Waals surface area contributed by atoms with E-state index in [9.17, 15) is 8.42 Å². The maximum absolute atomic E-state index is 13.3. The highest BCUT2D eigenvalue weighted by Gasteiger charge is 2.38. The molecule has 186 valence electrons. The van der Waals surface area contributed by atoms with Gasteiger partial charge in [-0.2, -0.15) is 0 Å². The number of hydrogen-bond donors (Lipinski definition) is 2. The van der Waals surface area contributed by atoms with Crippen molar-refractivity contribution in [2.45, 2.75) is 23.3 Å². The first-order chi connectivity index (χ1) is 18.0. The highest BCUT2D eigenvalue weighted by Crippen LogP contribution is 2.50. The molecule has 0 fully saturated rings. The normalized spacial score (nSPS) is 20.0. The Kier molecular flexibility index (Phi) is 6.14. The van der Waals surface area contributed by atoms with Crippen LogP contribution in [0.15, 0.2) is 114 Å². The van der Waals surface area contributed by atoms with Gasteiger partial charge in [-0.05, 0) is 90.2 Å². The van der Waals surface area contributed by atoms with Crippen LogP contribution in [0.5, 0.6) is 11.5 Å². The molecule has 3 atom stereocenters. The SMILES string of the molecule is O=S(=O)(Nc1ccc(Oc2ccccc2)cc1)c1ccc2c(c1)[C@H]1C=CC[C@H]1[C@@H](c1ccc(Cl)cc1)N2. The predicted molar refractivity (Wildman–Crippen MR) is 148 cm³/mol. The van der Waals surface area contributed by atoms with E-state index in [1.807, 2.05) is 48.5 Å². The van der Waals surface area contributed by atoms with Gasteiger partial charge in [0.1, 0.15) is 11.5 Å². The van der Waals surface area contributed by atoms with Crippen LogP contribution in [-0.4, -0.2) is 8.42 Å². The summed E-state index contributed by atoms with van der Waals surface area (Å²) in [6.07, 6.45) is 5.31. The van der Waals surface area contributed by atoms with Crippen molar-refractivity contribution in [2.75, 3.05) is 10.0 Å². The lowest BCUT2D eigenvalue weighted by Gasteiger charge is -2.37. The second-order valence-electron chi connectivity index (χ2n) is 9.32. The number of rotatable bonds is 6. The number of hydrogen-bond acceptors (Lipinski definition) is 4. The Morgan fingerprint density at radius 3 is 2.35 bits per heavy atom. The molecule has 0 bridgehead atoms. The van der Waals surface area contributed by atoms with E-state index in [0.717, 1.165) is 23.4 Å². The van der Waals surface area contributed by atoms with Crippen molar-refractivity contribution in [3.05, 3.63) is 125 Å². The van der Waals surface area contributed by atoms with Gasteiger partial charge in [0.25, 0.3) is 10.0 Å². The number of anilines is 2. The Hall–Kier alpha value is -3.74. The molecule has 2 N–H and O–H groups in total. The lowest BCUT2D eigenvalue weighted by Crippen LogP contribution is -2.29. The molecule has 0 radical (unpaired) electrons. The van der Waals surface area contributed by atoms with Crippen LogP contribution in [0, 0.1) is 5.92 Å². The zero-order valence-electron chi connectivity index (χ0n) is 19.8. The maximum Gasteiger partial charge on any atom is 0.261 e. The van der Waals surface area contributed by atoms with Gasteiger partial charge in [-0.15, -0.1) is 0 Å². The minimum absolute atomic E-state index is 0.127. The molecule has 7 heteroatoms. The largest absolute Gasteiger partial charge is 0.457 e. The van der Waals surface area contributed by atoms with Gasteiger partial charge in [0.2, 0.25) is 0 Å². The Morgan fingerprint density at radius 1 is 0.865 bits per heavy atom. The summed E-state index contributed by atoms with van der Waals surface area (Å²) in [5.74, 6) is 1.79. The van der Waals surface area contributed by atoms with E-state index in [1.54, 1.807) is 36.4 Å². The van der Waals surface area contributed by atoms with Gasteiger partial charge in [-0.3, -0.25) is 4.72 Å². The maximum atomic E-state index is 13.3. The summed E-state index contributed by atoms with van der Waals surface area (Å²) in [6.45, 7) is 0. The molecule has 1 heterocycles. The summed E-state index contributed by atoms with van der Waals surface area (Å²) in [7, 11) is -3.78. The molecule has 37 heavy (non-hydrogen) atoms. The van der Waals surface area contributed by atoms with Crippen LogP contribution < -0.4 is 14.8 Å². The van der Waals surface area contributed by atoms with Crippen LogP contribution in [0.2, 0.25) is 5.02 Å². The molecule has 1 aliphatic heterocycles. The third kappa shape index (κ3) is 4.82. The lowest BCUT2D eigenvalue weighted by molar-refractivity contribution is 0.425. The molecule has 0 saturated carbocycles. The van der Waals surface area contributed by atoms with Gasteiger partial charge in [0.15, 0.2) is 0 Å². The van der Waals surface area contributed by atoms with Gasteiger partial charge in [-0.25, -0.2) is 8.42 Å². The second kappa shape index (κ2) is 9.61. The summed E-state index contributed by atoms with van der Waals surface area (Å²) >= 11 is 6.10. The van der Waals surface area contributed by atoms with Gasteiger partial charge < -0.3 is 10.1 Å². The first-order valence-electron chi connectivity index (χ1n) is 12.1. The van der Waals surface area contributed by atoms with E-state index < -0.39 is 10.0 Å². The summed E-state index contributed by atoms with van der Waals surface area (Å²) in [5, 5.41) is 4.36. The van der Waals surface area contributed by atoms with E-state index in [4.69, 9.17) is 16.3 Å². The number of ether oxygens (including phenoxy) is 1. The van der Waals surface area contributed by atoms with E-state index in [-0.39, 0.29) is 16.9 Å².